The number of nitrogens with one attached hydrogen (secondary N) is 2. The van der Waals surface area contributed by atoms with Crippen LogP contribution in [-0.2, 0) is 10.2 Å². The Kier molecular flexibility index (Phi) is 3.01. The minimum atomic E-state index is -0.387. The van der Waals surface area contributed by atoms with E-state index < -0.39 is 0 Å². The van der Waals surface area contributed by atoms with Gasteiger partial charge in [0.1, 0.15) is 5.82 Å². The number of imidazole rings is 1. The van der Waals surface area contributed by atoms with Gasteiger partial charge in [-0.05, 0) is 36.6 Å². The van der Waals surface area contributed by atoms with Crippen LogP contribution < -0.4 is 5.32 Å². The molecule has 0 fully saturated rings. The van der Waals surface area contributed by atoms with E-state index in [2.05, 4.69) is 41.3 Å². The third kappa shape index (κ3) is 1.91. The molecule has 1 aliphatic heterocycles. The summed E-state index contributed by atoms with van der Waals surface area (Å²) in [6, 6.07) is 14.1. The lowest BCUT2D eigenvalue weighted by Gasteiger charge is -2.23. The van der Waals surface area contributed by atoms with Gasteiger partial charge in [-0.1, -0.05) is 38.1 Å². The van der Waals surface area contributed by atoms with E-state index in [9.17, 15) is 4.79 Å². The first kappa shape index (κ1) is 14.0. The normalized spacial score (nSPS) is 15.7. The van der Waals surface area contributed by atoms with E-state index in [0.29, 0.717) is 0 Å². The van der Waals surface area contributed by atoms with Crippen LogP contribution in [0.4, 0.5) is 5.69 Å². The highest BCUT2D eigenvalue weighted by molar-refractivity contribution is 6.06. The number of anilines is 1. The predicted molar refractivity (Wildman–Crippen MR) is 92.4 cm³/mol. The van der Waals surface area contributed by atoms with E-state index in [1.54, 1.807) is 0 Å². The third-order valence-electron chi connectivity index (χ3n) is 5.09. The molecule has 1 aromatic heterocycles. The zero-order chi connectivity index (χ0) is 16.0. The van der Waals surface area contributed by atoms with Crippen molar-refractivity contribution in [2.75, 3.05) is 5.32 Å². The molecule has 23 heavy (non-hydrogen) atoms. The van der Waals surface area contributed by atoms with Gasteiger partial charge < -0.3 is 10.3 Å². The average molecular weight is 305 g/mol. The maximum absolute atomic E-state index is 12.5. The van der Waals surface area contributed by atoms with Crippen molar-refractivity contribution in [1.82, 2.24) is 9.97 Å². The molecule has 0 saturated heterocycles. The lowest BCUT2D eigenvalue weighted by Crippen LogP contribution is -2.32. The number of carbonyl (C=O) groups excluding carboxylic acids is 1. The molecule has 0 unspecified atom stereocenters. The summed E-state index contributed by atoms with van der Waals surface area (Å²) in [6.07, 6.45) is 1.62. The number of nitrogens with zero attached hydrogens (tertiary/aromatic N) is 1. The zero-order valence-corrected chi connectivity index (χ0v) is 13.3. The summed E-state index contributed by atoms with van der Waals surface area (Å²) in [5, 5.41) is 3.05. The van der Waals surface area contributed by atoms with Crippen LogP contribution in [0, 0.1) is 0 Å². The first-order valence-corrected chi connectivity index (χ1v) is 8.09. The molecule has 2 heterocycles. The second-order valence-corrected chi connectivity index (χ2v) is 6.11. The molecule has 0 spiro atoms. The minimum Gasteiger partial charge on any atom is -0.338 e. The fraction of sp³-hybridized carbons (Fsp3) is 0.263. The minimum absolute atomic E-state index is 0.110. The SMILES string of the molecule is CCC1(CC)C(=O)Nc2cc(-c3nc4ccccc4[nH]3)ccc21. The molecule has 2 N–H and O–H groups in total. The Morgan fingerprint density at radius 1 is 1.09 bits per heavy atom. The van der Waals surface area contributed by atoms with Crippen LogP contribution in [0.15, 0.2) is 42.5 Å². The molecule has 1 aliphatic rings. The molecule has 0 saturated carbocycles. The van der Waals surface area contributed by atoms with Crippen molar-refractivity contribution in [3.8, 4) is 11.4 Å². The number of benzene rings is 2. The van der Waals surface area contributed by atoms with Crippen molar-refractivity contribution < 1.29 is 4.79 Å². The Morgan fingerprint density at radius 2 is 1.87 bits per heavy atom. The van der Waals surface area contributed by atoms with Crippen LogP contribution in [0.3, 0.4) is 0 Å². The highest BCUT2D eigenvalue weighted by Gasteiger charge is 2.43. The molecule has 4 nitrogen and oxygen atoms in total. The molecule has 116 valence electrons. The van der Waals surface area contributed by atoms with Gasteiger partial charge in [0, 0.05) is 11.3 Å². The topological polar surface area (TPSA) is 57.8 Å². The fourth-order valence-electron chi connectivity index (χ4n) is 3.62. The Bertz CT molecular complexity index is 873. The monoisotopic (exact) mass is 305 g/mol. The molecule has 1 amide bonds. The Hall–Kier alpha value is -2.62. The second-order valence-electron chi connectivity index (χ2n) is 6.11. The van der Waals surface area contributed by atoms with Crippen LogP contribution in [-0.4, -0.2) is 15.9 Å². The summed E-state index contributed by atoms with van der Waals surface area (Å²) in [7, 11) is 0. The molecule has 0 atom stereocenters. The summed E-state index contributed by atoms with van der Waals surface area (Å²) in [6.45, 7) is 4.15. The van der Waals surface area contributed by atoms with Crippen molar-refractivity contribution in [3.63, 3.8) is 0 Å². The lowest BCUT2D eigenvalue weighted by atomic mass is 9.77. The quantitative estimate of drug-likeness (QED) is 0.760. The number of carbonyl (C=O) groups is 1. The Labute approximate surface area is 134 Å². The van der Waals surface area contributed by atoms with E-state index in [0.717, 1.165) is 46.5 Å². The maximum Gasteiger partial charge on any atom is 0.235 e. The Balaban J connectivity index is 1.82. The van der Waals surface area contributed by atoms with Gasteiger partial charge in [-0.15, -0.1) is 0 Å². The summed E-state index contributed by atoms with van der Waals surface area (Å²) in [5.74, 6) is 0.938. The van der Waals surface area contributed by atoms with Crippen LogP contribution in [0.1, 0.15) is 32.3 Å². The van der Waals surface area contributed by atoms with Crippen molar-refractivity contribution >= 4 is 22.6 Å². The van der Waals surface area contributed by atoms with Crippen molar-refractivity contribution in [3.05, 3.63) is 48.0 Å². The van der Waals surface area contributed by atoms with Crippen LogP contribution in [0.5, 0.6) is 0 Å². The first-order chi connectivity index (χ1) is 11.2. The van der Waals surface area contributed by atoms with Crippen molar-refractivity contribution in [1.29, 1.82) is 0 Å². The molecule has 0 aliphatic carbocycles. The van der Waals surface area contributed by atoms with Gasteiger partial charge in [0.2, 0.25) is 5.91 Å². The largest absolute Gasteiger partial charge is 0.338 e. The number of fused-ring (bicyclic) bond motifs is 2. The first-order valence-electron chi connectivity index (χ1n) is 8.09. The summed E-state index contributed by atoms with van der Waals surface area (Å²) >= 11 is 0. The number of amides is 1. The number of rotatable bonds is 3. The van der Waals surface area contributed by atoms with Gasteiger partial charge in [-0.2, -0.15) is 0 Å². The maximum atomic E-state index is 12.5. The molecule has 0 radical (unpaired) electrons. The lowest BCUT2D eigenvalue weighted by molar-refractivity contribution is -0.121. The van der Waals surface area contributed by atoms with Gasteiger partial charge in [-0.3, -0.25) is 4.79 Å². The van der Waals surface area contributed by atoms with Crippen LogP contribution in [0.25, 0.3) is 22.4 Å². The van der Waals surface area contributed by atoms with Gasteiger partial charge in [0.25, 0.3) is 0 Å². The van der Waals surface area contributed by atoms with E-state index in [1.165, 1.54) is 0 Å². The highest BCUT2D eigenvalue weighted by atomic mass is 16.2. The summed E-state index contributed by atoms with van der Waals surface area (Å²) in [4.78, 5) is 20.4. The molecule has 4 heteroatoms. The van der Waals surface area contributed by atoms with E-state index in [1.807, 2.05) is 30.3 Å². The zero-order valence-electron chi connectivity index (χ0n) is 13.3. The smallest absolute Gasteiger partial charge is 0.235 e. The molecule has 0 bridgehead atoms. The van der Waals surface area contributed by atoms with Gasteiger partial charge in [0.15, 0.2) is 0 Å². The third-order valence-corrected chi connectivity index (χ3v) is 5.09. The molecular weight excluding hydrogens is 286 g/mol. The highest BCUT2D eigenvalue weighted by Crippen LogP contribution is 2.43. The standard InChI is InChI=1S/C19H19N3O/c1-3-19(4-2)13-10-9-12(11-16(13)22-18(19)23)17-20-14-7-5-6-8-15(14)21-17/h5-11H,3-4H2,1-2H3,(H,20,21)(H,22,23). The summed E-state index contributed by atoms with van der Waals surface area (Å²) in [5.41, 5.74) is 4.58. The number of H-pyrrole nitrogens is 1. The number of aromatic amines is 1. The number of aromatic nitrogens is 2. The van der Waals surface area contributed by atoms with Crippen LogP contribution >= 0.6 is 0 Å². The Morgan fingerprint density at radius 3 is 2.61 bits per heavy atom. The van der Waals surface area contributed by atoms with Crippen LogP contribution in [0.2, 0.25) is 0 Å². The van der Waals surface area contributed by atoms with Crippen molar-refractivity contribution in [2.45, 2.75) is 32.1 Å². The molecule has 4 rings (SSSR count). The van der Waals surface area contributed by atoms with E-state index in [-0.39, 0.29) is 11.3 Å². The molecule has 3 aromatic rings. The van der Waals surface area contributed by atoms with E-state index >= 15 is 0 Å². The summed E-state index contributed by atoms with van der Waals surface area (Å²) < 4.78 is 0. The van der Waals surface area contributed by atoms with E-state index in [4.69, 9.17) is 0 Å². The van der Waals surface area contributed by atoms with Gasteiger partial charge in [0.05, 0.1) is 16.4 Å². The average Bonchev–Trinajstić information content (AvgIpc) is 3.12. The number of hydrogen-bond acceptors (Lipinski definition) is 2. The molecular formula is C19H19N3O. The fourth-order valence-corrected chi connectivity index (χ4v) is 3.62. The predicted octanol–water partition coefficient (Wildman–Crippen LogP) is 4.24. The van der Waals surface area contributed by atoms with Gasteiger partial charge in [-0.25, -0.2) is 4.98 Å². The van der Waals surface area contributed by atoms with Gasteiger partial charge >= 0.3 is 0 Å². The molecule has 2 aromatic carbocycles. The number of para-hydroxylation sites is 2. The second kappa shape index (κ2) is 4.95. The van der Waals surface area contributed by atoms with Crippen molar-refractivity contribution in [2.24, 2.45) is 0 Å². The number of hydrogen-bond donors (Lipinski definition) is 2.